The van der Waals surface area contributed by atoms with Crippen LogP contribution < -0.4 is 5.73 Å². The molecule has 5 N–H and O–H groups in total. The fraction of sp³-hybridized carbons (Fsp3) is 0.273. The van der Waals surface area contributed by atoms with Gasteiger partial charge in [0.1, 0.15) is 17.1 Å². The van der Waals surface area contributed by atoms with Crippen LogP contribution in [0.25, 0.3) is 0 Å². The van der Waals surface area contributed by atoms with Crippen LogP contribution in [0.1, 0.15) is 17.3 Å². The van der Waals surface area contributed by atoms with E-state index < -0.39 is 5.91 Å². The number of oxime groups is 1. The lowest BCUT2D eigenvalue weighted by molar-refractivity contribution is 0.0780. The van der Waals surface area contributed by atoms with Crippen molar-refractivity contribution in [1.82, 2.24) is 4.90 Å². The van der Waals surface area contributed by atoms with E-state index in [4.69, 9.17) is 10.9 Å². The first-order valence-corrected chi connectivity index (χ1v) is 5.27. The van der Waals surface area contributed by atoms with E-state index in [1.54, 1.807) is 6.92 Å². The van der Waals surface area contributed by atoms with Gasteiger partial charge in [-0.05, 0) is 19.1 Å². The van der Waals surface area contributed by atoms with Crippen LogP contribution in [-0.2, 0) is 0 Å². The molecule has 1 rings (SSSR count). The summed E-state index contributed by atoms with van der Waals surface area (Å²) in [5.74, 6) is -1.38. The maximum Gasteiger partial charge on any atom is 0.261 e. The average molecular weight is 253 g/mol. The van der Waals surface area contributed by atoms with Gasteiger partial charge in [-0.15, -0.1) is 0 Å². The summed E-state index contributed by atoms with van der Waals surface area (Å²) in [4.78, 5) is 13.3. The van der Waals surface area contributed by atoms with Gasteiger partial charge in [0, 0.05) is 6.54 Å². The molecule has 0 fully saturated rings. The smallest absolute Gasteiger partial charge is 0.261 e. The van der Waals surface area contributed by atoms with Gasteiger partial charge < -0.3 is 26.1 Å². The van der Waals surface area contributed by atoms with Gasteiger partial charge in [-0.25, -0.2) is 0 Å². The molecule has 0 unspecified atom stereocenters. The van der Waals surface area contributed by atoms with Gasteiger partial charge in [-0.1, -0.05) is 11.2 Å². The van der Waals surface area contributed by atoms with E-state index >= 15 is 0 Å². The number of rotatable bonds is 4. The number of carbonyl (C=O) groups is 1. The summed E-state index contributed by atoms with van der Waals surface area (Å²) < 4.78 is 0. The summed E-state index contributed by atoms with van der Waals surface area (Å²) in [5.41, 5.74) is 5.12. The molecule has 0 bridgehead atoms. The number of phenols is 2. The van der Waals surface area contributed by atoms with Crippen molar-refractivity contribution in [1.29, 1.82) is 0 Å². The zero-order valence-electron chi connectivity index (χ0n) is 9.87. The third kappa shape index (κ3) is 2.82. The zero-order chi connectivity index (χ0) is 13.7. The molecule has 1 aromatic carbocycles. The monoisotopic (exact) mass is 253 g/mol. The van der Waals surface area contributed by atoms with Crippen LogP contribution in [0.5, 0.6) is 11.5 Å². The molecule has 18 heavy (non-hydrogen) atoms. The molecule has 0 heterocycles. The van der Waals surface area contributed by atoms with Crippen LogP contribution >= 0.6 is 0 Å². The number of benzene rings is 1. The third-order valence-electron chi connectivity index (χ3n) is 2.38. The second-order valence-electron chi connectivity index (χ2n) is 3.58. The van der Waals surface area contributed by atoms with Gasteiger partial charge >= 0.3 is 0 Å². The molecule has 0 radical (unpaired) electrons. The summed E-state index contributed by atoms with van der Waals surface area (Å²) in [5, 5.41) is 30.4. The summed E-state index contributed by atoms with van der Waals surface area (Å²) in [7, 11) is 0. The molecule has 0 aliphatic heterocycles. The minimum atomic E-state index is -0.597. The number of amidine groups is 1. The highest BCUT2D eigenvalue weighted by molar-refractivity contribution is 6.01. The van der Waals surface area contributed by atoms with E-state index in [0.717, 1.165) is 0 Å². The molecule has 0 aliphatic rings. The van der Waals surface area contributed by atoms with Crippen LogP contribution in [0.15, 0.2) is 23.4 Å². The molecule has 98 valence electrons. The summed E-state index contributed by atoms with van der Waals surface area (Å²) in [6, 6.07) is 4.01. The van der Waals surface area contributed by atoms with Gasteiger partial charge in [-0.3, -0.25) is 4.79 Å². The molecule has 1 amide bonds. The Morgan fingerprint density at radius 2 is 1.94 bits per heavy atom. The number of phenolic OH excluding ortho intramolecular Hbond substituents is 2. The van der Waals surface area contributed by atoms with Crippen molar-refractivity contribution in [2.45, 2.75) is 6.92 Å². The SMILES string of the molecule is CCN(C/C(N)=N/O)C(=O)c1c(O)cccc1O. The number of carbonyl (C=O) groups excluding carboxylic acids is 1. The Hall–Kier alpha value is -2.44. The molecule has 1 aromatic rings. The maximum absolute atomic E-state index is 12.1. The number of nitrogens with zero attached hydrogens (tertiary/aromatic N) is 2. The first-order valence-electron chi connectivity index (χ1n) is 5.27. The first-order chi connectivity index (χ1) is 8.51. The number of aromatic hydroxyl groups is 2. The van der Waals surface area contributed by atoms with Gasteiger partial charge in [-0.2, -0.15) is 0 Å². The Balaban J connectivity index is 3.04. The second-order valence-corrected chi connectivity index (χ2v) is 3.58. The Kier molecular flexibility index (Phi) is 4.36. The average Bonchev–Trinajstić information content (AvgIpc) is 2.35. The van der Waals surface area contributed by atoms with Crippen molar-refractivity contribution < 1.29 is 20.2 Å². The lowest BCUT2D eigenvalue weighted by Crippen LogP contribution is -2.38. The number of hydrogen-bond acceptors (Lipinski definition) is 5. The number of hydrogen-bond donors (Lipinski definition) is 4. The molecule has 0 saturated heterocycles. The van der Waals surface area contributed by atoms with Crippen LogP contribution in [0.3, 0.4) is 0 Å². The minimum absolute atomic E-state index is 0.0976. The van der Waals surface area contributed by atoms with Crippen molar-refractivity contribution in [2.75, 3.05) is 13.1 Å². The second kappa shape index (κ2) is 5.76. The highest BCUT2D eigenvalue weighted by Crippen LogP contribution is 2.27. The molecule has 0 spiro atoms. The quantitative estimate of drug-likeness (QED) is 0.266. The van der Waals surface area contributed by atoms with Gasteiger partial charge in [0.25, 0.3) is 5.91 Å². The highest BCUT2D eigenvalue weighted by atomic mass is 16.4. The number of nitrogens with two attached hydrogens (primary N) is 1. The van der Waals surface area contributed by atoms with Crippen LogP contribution in [0.4, 0.5) is 0 Å². The molecule has 0 atom stereocenters. The van der Waals surface area contributed by atoms with Crippen LogP contribution in [0, 0.1) is 0 Å². The van der Waals surface area contributed by atoms with Crippen LogP contribution in [0.2, 0.25) is 0 Å². The number of amides is 1. The molecule has 7 heteroatoms. The summed E-state index contributed by atoms with van der Waals surface area (Å²) in [6.07, 6.45) is 0. The fourth-order valence-corrected chi connectivity index (χ4v) is 1.46. The normalized spacial score (nSPS) is 11.3. The molecule has 0 saturated carbocycles. The van der Waals surface area contributed by atoms with E-state index in [9.17, 15) is 15.0 Å². The zero-order valence-corrected chi connectivity index (χ0v) is 9.87. The Morgan fingerprint density at radius 1 is 1.39 bits per heavy atom. The number of likely N-dealkylation sites (N-methyl/N-ethyl adjacent to an activating group) is 1. The van der Waals surface area contributed by atoms with Gasteiger partial charge in [0.2, 0.25) is 0 Å². The maximum atomic E-state index is 12.1. The van der Waals surface area contributed by atoms with Crippen molar-refractivity contribution in [2.24, 2.45) is 10.9 Å². The van der Waals surface area contributed by atoms with Crippen molar-refractivity contribution in [3.63, 3.8) is 0 Å². The fourth-order valence-electron chi connectivity index (χ4n) is 1.46. The largest absolute Gasteiger partial charge is 0.507 e. The lowest BCUT2D eigenvalue weighted by Gasteiger charge is -2.20. The Labute approximate surface area is 104 Å². The Morgan fingerprint density at radius 3 is 2.39 bits per heavy atom. The molecule has 0 aromatic heterocycles. The predicted molar refractivity (Wildman–Crippen MR) is 64.8 cm³/mol. The molecular formula is C11H15N3O4. The molecule has 0 aliphatic carbocycles. The van der Waals surface area contributed by atoms with E-state index in [1.807, 2.05) is 0 Å². The van der Waals surface area contributed by atoms with Crippen molar-refractivity contribution in [3.05, 3.63) is 23.8 Å². The third-order valence-corrected chi connectivity index (χ3v) is 2.38. The summed E-state index contributed by atoms with van der Waals surface area (Å²) >= 11 is 0. The molecule has 7 nitrogen and oxygen atoms in total. The van der Waals surface area contributed by atoms with E-state index in [-0.39, 0.29) is 36.0 Å². The standard InChI is InChI=1S/C11H15N3O4/c1-2-14(6-9(12)13-18)11(17)10-7(15)4-3-5-8(10)16/h3-5,15-16,18H,2,6H2,1H3,(H2,12,13). The van der Waals surface area contributed by atoms with E-state index in [1.165, 1.54) is 23.1 Å². The predicted octanol–water partition coefficient (Wildman–Crippen LogP) is 0.306. The summed E-state index contributed by atoms with van der Waals surface area (Å²) in [6.45, 7) is 1.88. The van der Waals surface area contributed by atoms with Gasteiger partial charge in [0.15, 0.2) is 5.84 Å². The molecular weight excluding hydrogens is 238 g/mol. The van der Waals surface area contributed by atoms with Crippen molar-refractivity contribution >= 4 is 11.7 Å². The van der Waals surface area contributed by atoms with Crippen LogP contribution in [-0.4, -0.2) is 45.2 Å². The Bertz CT molecular complexity index is 453. The first kappa shape index (κ1) is 13.6. The lowest BCUT2D eigenvalue weighted by atomic mass is 10.1. The topological polar surface area (TPSA) is 119 Å². The van der Waals surface area contributed by atoms with E-state index in [0.29, 0.717) is 0 Å². The van der Waals surface area contributed by atoms with E-state index in [2.05, 4.69) is 5.16 Å². The van der Waals surface area contributed by atoms with Gasteiger partial charge in [0.05, 0.1) is 6.54 Å². The highest BCUT2D eigenvalue weighted by Gasteiger charge is 2.22. The van der Waals surface area contributed by atoms with Crippen molar-refractivity contribution in [3.8, 4) is 11.5 Å². The minimum Gasteiger partial charge on any atom is -0.507 e.